The molecular weight excluding hydrogens is 262 g/mol. The fraction of sp³-hybridized carbons (Fsp3) is 0.857. The largest absolute Gasteiger partial charge is 0.481 e. The molecule has 0 aromatic rings. The van der Waals surface area contributed by atoms with Crippen molar-refractivity contribution in [3.05, 3.63) is 0 Å². The standard InChI is InChI=1S/C14H25NO3S/c1-10(2)11(5-6-13(16)17)7-8-15-14(18)12-4-3-9-19-12/h10-12H,3-9H2,1-2H3,(H,15,18)(H,16,17). The molecule has 0 aromatic heterocycles. The van der Waals surface area contributed by atoms with Crippen LogP contribution in [-0.4, -0.2) is 34.5 Å². The van der Waals surface area contributed by atoms with E-state index in [1.165, 1.54) is 0 Å². The van der Waals surface area contributed by atoms with Gasteiger partial charge in [-0.05, 0) is 43.3 Å². The van der Waals surface area contributed by atoms with Crippen LogP contribution in [0.3, 0.4) is 0 Å². The quantitative estimate of drug-likeness (QED) is 0.720. The van der Waals surface area contributed by atoms with Gasteiger partial charge in [-0.1, -0.05) is 13.8 Å². The zero-order valence-electron chi connectivity index (χ0n) is 11.9. The molecule has 1 aliphatic heterocycles. The highest BCUT2D eigenvalue weighted by Crippen LogP contribution is 2.26. The molecule has 0 bridgehead atoms. The molecule has 0 radical (unpaired) electrons. The molecule has 0 saturated carbocycles. The Morgan fingerprint density at radius 2 is 2.11 bits per heavy atom. The molecule has 2 N–H and O–H groups in total. The van der Waals surface area contributed by atoms with E-state index in [4.69, 9.17) is 5.11 Å². The summed E-state index contributed by atoms with van der Waals surface area (Å²) in [7, 11) is 0. The summed E-state index contributed by atoms with van der Waals surface area (Å²) in [5, 5.41) is 11.9. The minimum Gasteiger partial charge on any atom is -0.481 e. The first kappa shape index (κ1) is 16.3. The lowest BCUT2D eigenvalue weighted by molar-refractivity contribution is -0.137. The van der Waals surface area contributed by atoms with Crippen molar-refractivity contribution >= 4 is 23.6 Å². The van der Waals surface area contributed by atoms with Crippen molar-refractivity contribution < 1.29 is 14.7 Å². The Kier molecular flexibility index (Phi) is 7.28. The minimum atomic E-state index is -0.739. The van der Waals surface area contributed by atoms with Crippen LogP contribution in [0.1, 0.15) is 46.0 Å². The highest BCUT2D eigenvalue weighted by Gasteiger charge is 2.23. The van der Waals surface area contributed by atoms with Gasteiger partial charge in [0.25, 0.3) is 0 Å². The third kappa shape index (κ3) is 6.32. The fourth-order valence-corrected chi connectivity index (χ4v) is 3.58. The van der Waals surface area contributed by atoms with E-state index < -0.39 is 5.97 Å². The number of carboxylic acid groups (broad SMARTS) is 1. The second kappa shape index (κ2) is 8.46. The number of carbonyl (C=O) groups excluding carboxylic acids is 1. The van der Waals surface area contributed by atoms with Gasteiger partial charge in [0.1, 0.15) is 0 Å². The van der Waals surface area contributed by atoms with Gasteiger partial charge in [-0.3, -0.25) is 9.59 Å². The van der Waals surface area contributed by atoms with E-state index >= 15 is 0 Å². The number of nitrogens with one attached hydrogen (secondary N) is 1. The average Bonchev–Trinajstić information content (AvgIpc) is 2.86. The summed E-state index contributed by atoms with van der Waals surface area (Å²) in [6.07, 6.45) is 3.91. The van der Waals surface area contributed by atoms with Crippen LogP contribution in [-0.2, 0) is 9.59 Å². The van der Waals surface area contributed by atoms with Crippen LogP contribution in [0.15, 0.2) is 0 Å². The van der Waals surface area contributed by atoms with Gasteiger partial charge in [-0.2, -0.15) is 0 Å². The van der Waals surface area contributed by atoms with E-state index in [-0.39, 0.29) is 17.6 Å². The first-order chi connectivity index (χ1) is 9.00. The zero-order chi connectivity index (χ0) is 14.3. The monoisotopic (exact) mass is 287 g/mol. The molecular formula is C14H25NO3S. The molecule has 0 spiro atoms. The second-order valence-corrected chi connectivity index (χ2v) is 6.83. The first-order valence-electron chi connectivity index (χ1n) is 7.11. The molecule has 1 fully saturated rings. The fourth-order valence-electron chi connectivity index (χ4n) is 2.40. The molecule has 4 nitrogen and oxygen atoms in total. The summed E-state index contributed by atoms with van der Waals surface area (Å²) in [5.41, 5.74) is 0. The summed E-state index contributed by atoms with van der Waals surface area (Å²) in [5.74, 6) is 1.33. The van der Waals surface area contributed by atoms with Crippen LogP contribution >= 0.6 is 11.8 Å². The molecule has 2 atom stereocenters. The molecule has 1 saturated heterocycles. The molecule has 1 rings (SSSR count). The summed E-state index contributed by atoms with van der Waals surface area (Å²) in [6, 6.07) is 0. The van der Waals surface area contributed by atoms with Gasteiger partial charge >= 0.3 is 5.97 Å². The molecule has 1 amide bonds. The van der Waals surface area contributed by atoms with Crippen molar-refractivity contribution in [2.45, 2.75) is 51.2 Å². The third-order valence-electron chi connectivity index (χ3n) is 3.71. The summed E-state index contributed by atoms with van der Waals surface area (Å²) in [4.78, 5) is 22.4. The highest BCUT2D eigenvalue weighted by molar-refractivity contribution is 8.00. The number of aliphatic carboxylic acids is 1. The number of rotatable bonds is 8. The molecule has 2 unspecified atom stereocenters. The van der Waals surface area contributed by atoms with Crippen molar-refractivity contribution in [3.63, 3.8) is 0 Å². The Labute approximate surface area is 119 Å². The molecule has 0 aromatic carbocycles. The Bertz CT molecular complexity index is 301. The maximum Gasteiger partial charge on any atom is 0.303 e. The van der Waals surface area contributed by atoms with Crippen LogP contribution in [0.2, 0.25) is 0 Å². The molecule has 19 heavy (non-hydrogen) atoms. The summed E-state index contributed by atoms with van der Waals surface area (Å²) >= 11 is 1.74. The molecule has 5 heteroatoms. The smallest absolute Gasteiger partial charge is 0.303 e. The van der Waals surface area contributed by atoms with Gasteiger partial charge in [-0.25, -0.2) is 0 Å². The van der Waals surface area contributed by atoms with Crippen molar-refractivity contribution in [1.29, 1.82) is 0 Å². The minimum absolute atomic E-state index is 0.136. The predicted octanol–water partition coefficient (Wildman–Crippen LogP) is 2.53. The van der Waals surface area contributed by atoms with Crippen LogP contribution in [0.4, 0.5) is 0 Å². The normalized spacial score (nSPS) is 20.5. The van der Waals surface area contributed by atoms with Crippen molar-refractivity contribution in [3.8, 4) is 0 Å². The Hall–Kier alpha value is -0.710. The molecule has 110 valence electrons. The van der Waals surface area contributed by atoms with E-state index in [2.05, 4.69) is 19.2 Å². The summed E-state index contributed by atoms with van der Waals surface area (Å²) < 4.78 is 0. The van der Waals surface area contributed by atoms with Crippen LogP contribution < -0.4 is 5.32 Å². The van der Waals surface area contributed by atoms with E-state index in [0.717, 1.165) is 25.0 Å². The van der Waals surface area contributed by atoms with E-state index in [9.17, 15) is 9.59 Å². The van der Waals surface area contributed by atoms with Crippen LogP contribution in [0, 0.1) is 11.8 Å². The average molecular weight is 287 g/mol. The molecule has 0 aliphatic carbocycles. The van der Waals surface area contributed by atoms with Gasteiger partial charge in [0.15, 0.2) is 0 Å². The second-order valence-electron chi connectivity index (χ2n) is 5.52. The van der Waals surface area contributed by atoms with E-state index in [0.29, 0.717) is 24.8 Å². The number of hydrogen-bond acceptors (Lipinski definition) is 3. The zero-order valence-corrected chi connectivity index (χ0v) is 12.7. The lowest BCUT2D eigenvalue weighted by atomic mass is 9.88. The predicted molar refractivity (Wildman–Crippen MR) is 78.3 cm³/mol. The van der Waals surface area contributed by atoms with E-state index in [1.807, 2.05) is 0 Å². The lowest BCUT2D eigenvalue weighted by Crippen LogP contribution is -2.33. The van der Waals surface area contributed by atoms with Gasteiger partial charge in [-0.15, -0.1) is 11.8 Å². The van der Waals surface area contributed by atoms with Crippen molar-refractivity contribution in [2.75, 3.05) is 12.3 Å². The van der Waals surface area contributed by atoms with Gasteiger partial charge < -0.3 is 10.4 Å². The lowest BCUT2D eigenvalue weighted by Gasteiger charge is -2.20. The van der Waals surface area contributed by atoms with Crippen LogP contribution in [0.25, 0.3) is 0 Å². The number of hydrogen-bond donors (Lipinski definition) is 2. The number of amides is 1. The number of thioether (sulfide) groups is 1. The highest BCUT2D eigenvalue weighted by atomic mass is 32.2. The van der Waals surface area contributed by atoms with E-state index in [1.54, 1.807) is 11.8 Å². The summed E-state index contributed by atoms with van der Waals surface area (Å²) in [6.45, 7) is 4.89. The topological polar surface area (TPSA) is 66.4 Å². The number of carboxylic acids is 1. The third-order valence-corrected chi connectivity index (χ3v) is 5.08. The van der Waals surface area contributed by atoms with Gasteiger partial charge in [0, 0.05) is 13.0 Å². The van der Waals surface area contributed by atoms with Gasteiger partial charge in [0.2, 0.25) is 5.91 Å². The van der Waals surface area contributed by atoms with Crippen molar-refractivity contribution in [1.82, 2.24) is 5.32 Å². The number of carbonyl (C=O) groups is 2. The van der Waals surface area contributed by atoms with Crippen LogP contribution in [0.5, 0.6) is 0 Å². The Balaban J connectivity index is 2.23. The maximum atomic E-state index is 11.8. The molecule has 1 heterocycles. The Morgan fingerprint density at radius 3 is 2.63 bits per heavy atom. The maximum absolute atomic E-state index is 11.8. The molecule has 1 aliphatic rings. The van der Waals surface area contributed by atoms with Crippen molar-refractivity contribution in [2.24, 2.45) is 11.8 Å². The SMILES string of the molecule is CC(C)C(CCNC(=O)C1CCCS1)CCC(=O)O. The first-order valence-corrected chi connectivity index (χ1v) is 8.16. The van der Waals surface area contributed by atoms with Gasteiger partial charge in [0.05, 0.1) is 5.25 Å². The Morgan fingerprint density at radius 1 is 1.37 bits per heavy atom.